The number of hydrogen-bond acceptors (Lipinski definition) is 2. The Morgan fingerprint density at radius 2 is 2.07 bits per heavy atom. The molecule has 0 aliphatic carbocycles. The second kappa shape index (κ2) is 6.59. The molecule has 0 atom stereocenters. The second-order valence-electron chi connectivity index (χ2n) is 3.60. The van der Waals surface area contributed by atoms with Crippen LogP contribution < -0.4 is 5.32 Å². The molecule has 0 spiro atoms. The molecule has 0 bridgehead atoms. The molecule has 1 N–H and O–H groups in total. The first kappa shape index (κ1) is 12.2. The molecule has 1 aromatic rings. The van der Waals surface area contributed by atoms with Gasteiger partial charge in [0.1, 0.15) is 0 Å². The van der Waals surface area contributed by atoms with Crippen LogP contribution in [-0.2, 0) is 11.3 Å². The van der Waals surface area contributed by atoms with Crippen molar-refractivity contribution >= 4 is 0 Å². The van der Waals surface area contributed by atoms with E-state index in [2.05, 4.69) is 36.5 Å². The van der Waals surface area contributed by atoms with Gasteiger partial charge in [-0.25, -0.2) is 0 Å². The summed E-state index contributed by atoms with van der Waals surface area (Å²) >= 11 is 0. The third-order valence-corrected chi connectivity index (χ3v) is 2.32. The summed E-state index contributed by atoms with van der Waals surface area (Å²) in [5.74, 6) is 0. The van der Waals surface area contributed by atoms with Crippen LogP contribution in [-0.4, -0.2) is 19.3 Å². The van der Waals surface area contributed by atoms with E-state index in [4.69, 9.17) is 4.74 Å². The fourth-order valence-corrected chi connectivity index (χ4v) is 1.44. The van der Waals surface area contributed by atoms with E-state index < -0.39 is 0 Å². The normalized spacial score (nSPS) is 15.1. The number of benzene rings is 1. The molecule has 1 aliphatic rings. The Kier molecular flexibility index (Phi) is 5.37. The lowest BCUT2D eigenvalue weighted by Crippen LogP contribution is -2.45. The Morgan fingerprint density at radius 1 is 1.33 bits per heavy atom. The highest BCUT2D eigenvalue weighted by molar-refractivity contribution is 5.22. The number of nitrogens with one attached hydrogen (secondary N) is 1. The third-order valence-electron chi connectivity index (χ3n) is 2.32. The molecule has 0 amide bonds. The van der Waals surface area contributed by atoms with Crippen LogP contribution in [0.5, 0.6) is 0 Å². The summed E-state index contributed by atoms with van der Waals surface area (Å²) < 4.78 is 5.08. The van der Waals surface area contributed by atoms with Crippen LogP contribution in [0.2, 0.25) is 0 Å². The van der Waals surface area contributed by atoms with Gasteiger partial charge in [-0.15, -0.1) is 0 Å². The zero-order valence-corrected chi connectivity index (χ0v) is 9.92. The maximum atomic E-state index is 5.08. The molecular formula is C13H21NO. The molecule has 1 heterocycles. The van der Waals surface area contributed by atoms with E-state index in [1.54, 1.807) is 0 Å². The summed E-state index contributed by atoms with van der Waals surface area (Å²) in [6.45, 7) is 8.81. The highest BCUT2D eigenvalue weighted by Gasteiger charge is 2.16. The molecule has 0 aromatic heterocycles. The molecule has 0 radical (unpaired) electrons. The van der Waals surface area contributed by atoms with Crippen molar-refractivity contribution in [1.29, 1.82) is 0 Å². The van der Waals surface area contributed by atoms with Gasteiger partial charge in [0.25, 0.3) is 0 Å². The third kappa shape index (κ3) is 4.02. The standard InChI is InChI=1S/C11H15NO.C2H6/c1-9-3-2-4-10(5-9)6-12-11-7-13-8-11;1-2/h2-5,11-12H,6-8H2,1H3;1-2H3. The minimum atomic E-state index is 0.570. The Balaban J connectivity index is 0.000000531. The highest BCUT2D eigenvalue weighted by Crippen LogP contribution is 2.05. The van der Waals surface area contributed by atoms with Crippen molar-refractivity contribution in [1.82, 2.24) is 5.32 Å². The van der Waals surface area contributed by atoms with Crippen LogP contribution in [0.15, 0.2) is 24.3 Å². The van der Waals surface area contributed by atoms with Crippen molar-refractivity contribution in [2.24, 2.45) is 0 Å². The first-order chi connectivity index (χ1) is 7.34. The lowest BCUT2D eigenvalue weighted by molar-refractivity contribution is -0.00578. The van der Waals surface area contributed by atoms with Crippen LogP contribution in [0.3, 0.4) is 0 Å². The average molecular weight is 207 g/mol. The van der Waals surface area contributed by atoms with Gasteiger partial charge < -0.3 is 10.1 Å². The maximum absolute atomic E-state index is 5.08. The molecule has 2 rings (SSSR count). The molecule has 1 saturated heterocycles. The summed E-state index contributed by atoms with van der Waals surface area (Å²) in [6.07, 6.45) is 0. The van der Waals surface area contributed by atoms with E-state index in [1.807, 2.05) is 13.8 Å². The molecular weight excluding hydrogens is 186 g/mol. The average Bonchev–Trinajstić information content (AvgIpc) is 2.19. The number of aryl methyl sites for hydroxylation is 1. The van der Waals surface area contributed by atoms with Gasteiger partial charge in [0, 0.05) is 6.54 Å². The number of rotatable bonds is 3. The van der Waals surface area contributed by atoms with Crippen LogP contribution in [0.1, 0.15) is 25.0 Å². The van der Waals surface area contributed by atoms with Gasteiger partial charge in [-0.1, -0.05) is 43.7 Å². The van der Waals surface area contributed by atoms with Gasteiger partial charge in [-0.3, -0.25) is 0 Å². The summed E-state index contributed by atoms with van der Waals surface area (Å²) in [5.41, 5.74) is 2.68. The molecule has 1 aliphatic heterocycles. The van der Waals surface area contributed by atoms with Crippen molar-refractivity contribution in [2.45, 2.75) is 33.4 Å². The van der Waals surface area contributed by atoms with Gasteiger partial charge in [0.2, 0.25) is 0 Å². The van der Waals surface area contributed by atoms with Gasteiger partial charge in [-0.2, -0.15) is 0 Å². The molecule has 0 unspecified atom stereocenters. The van der Waals surface area contributed by atoms with Crippen molar-refractivity contribution < 1.29 is 4.74 Å². The van der Waals surface area contributed by atoms with Gasteiger partial charge in [0.15, 0.2) is 0 Å². The summed E-state index contributed by atoms with van der Waals surface area (Å²) in [6, 6.07) is 9.16. The number of ether oxygens (including phenoxy) is 1. The predicted octanol–water partition coefficient (Wildman–Crippen LogP) is 2.51. The van der Waals surface area contributed by atoms with Crippen molar-refractivity contribution in [3.63, 3.8) is 0 Å². The molecule has 1 aromatic carbocycles. The molecule has 1 fully saturated rings. The molecule has 2 heteroatoms. The van der Waals surface area contributed by atoms with Gasteiger partial charge >= 0.3 is 0 Å². The lowest BCUT2D eigenvalue weighted by atomic mass is 10.1. The molecule has 84 valence electrons. The van der Waals surface area contributed by atoms with Crippen LogP contribution in [0.4, 0.5) is 0 Å². The fraction of sp³-hybridized carbons (Fsp3) is 0.538. The Morgan fingerprint density at radius 3 is 2.60 bits per heavy atom. The molecule has 0 saturated carbocycles. The molecule has 2 nitrogen and oxygen atoms in total. The van der Waals surface area contributed by atoms with Crippen LogP contribution >= 0.6 is 0 Å². The van der Waals surface area contributed by atoms with E-state index in [0.717, 1.165) is 19.8 Å². The number of hydrogen-bond donors (Lipinski definition) is 1. The SMILES string of the molecule is CC.Cc1cccc(CNC2COC2)c1. The van der Waals surface area contributed by atoms with Crippen LogP contribution in [0.25, 0.3) is 0 Å². The zero-order chi connectivity index (χ0) is 11.1. The highest BCUT2D eigenvalue weighted by atomic mass is 16.5. The van der Waals surface area contributed by atoms with Crippen LogP contribution in [0, 0.1) is 6.92 Å². The van der Waals surface area contributed by atoms with E-state index in [0.29, 0.717) is 6.04 Å². The van der Waals surface area contributed by atoms with Gasteiger partial charge in [0.05, 0.1) is 19.3 Å². The Hall–Kier alpha value is -0.860. The fourth-order valence-electron chi connectivity index (χ4n) is 1.44. The minimum absolute atomic E-state index is 0.570. The lowest BCUT2D eigenvalue weighted by Gasteiger charge is -2.27. The van der Waals surface area contributed by atoms with E-state index in [1.165, 1.54) is 11.1 Å². The first-order valence-corrected chi connectivity index (χ1v) is 5.71. The van der Waals surface area contributed by atoms with E-state index in [-0.39, 0.29) is 0 Å². The Bertz CT molecular complexity index is 282. The van der Waals surface area contributed by atoms with E-state index >= 15 is 0 Å². The quantitative estimate of drug-likeness (QED) is 0.822. The summed E-state index contributed by atoms with van der Waals surface area (Å²) in [5, 5.41) is 3.44. The smallest absolute Gasteiger partial charge is 0.0643 e. The molecule has 15 heavy (non-hydrogen) atoms. The summed E-state index contributed by atoms with van der Waals surface area (Å²) in [4.78, 5) is 0. The van der Waals surface area contributed by atoms with Gasteiger partial charge in [-0.05, 0) is 12.5 Å². The topological polar surface area (TPSA) is 21.3 Å². The maximum Gasteiger partial charge on any atom is 0.0643 e. The largest absolute Gasteiger partial charge is 0.378 e. The Labute approximate surface area is 92.6 Å². The van der Waals surface area contributed by atoms with Crippen molar-refractivity contribution in [3.05, 3.63) is 35.4 Å². The zero-order valence-electron chi connectivity index (χ0n) is 9.92. The predicted molar refractivity (Wildman–Crippen MR) is 64.0 cm³/mol. The van der Waals surface area contributed by atoms with Crippen molar-refractivity contribution in [3.8, 4) is 0 Å². The van der Waals surface area contributed by atoms with Crippen molar-refractivity contribution in [2.75, 3.05) is 13.2 Å². The first-order valence-electron chi connectivity index (χ1n) is 5.71. The monoisotopic (exact) mass is 207 g/mol. The van der Waals surface area contributed by atoms with E-state index in [9.17, 15) is 0 Å². The summed E-state index contributed by atoms with van der Waals surface area (Å²) in [7, 11) is 0. The minimum Gasteiger partial charge on any atom is -0.378 e. The second-order valence-corrected chi connectivity index (χ2v) is 3.60.